The number of nitrogens with one attached hydrogen (secondary N) is 5. The van der Waals surface area contributed by atoms with Gasteiger partial charge in [0.1, 0.15) is 78.8 Å². The van der Waals surface area contributed by atoms with Crippen molar-refractivity contribution < 1.29 is 97.0 Å². The Kier molecular flexibility index (Phi) is 32.2. The largest absolute Gasteiger partial charge is 0.493 e. The van der Waals surface area contributed by atoms with Gasteiger partial charge in [0.2, 0.25) is 23.6 Å². The van der Waals surface area contributed by atoms with E-state index in [1.54, 1.807) is 43.5 Å². The van der Waals surface area contributed by atoms with Gasteiger partial charge in [-0.15, -0.1) is 0 Å². The second-order valence-corrected chi connectivity index (χ2v) is 38.2. The van der Waals surface area contributed by atoms with Crippen molar-refractivity contribution in [2.45, 2.75) is 188 Å². The van der Waals surface area contributed by atoms with Crippen LogP contribution in [0.25, 0.3) is 43.6 Å². The molecule has 44 heteroatoms. The fourth-order valence-corrected chi connectivity index (χ4v) is 21.6. The Balaban J connectivity index is 0.000000134. The van der Waals surface area contributed by atoms with Gasteiger partial charge >= 0.3 is 12.8 Å². The summed E-state index contributed by atoms with van der Waals surface area (Å²) in [6.07, 6.45) is 18.0. The van der Waals surface area contributed by atoms with E-state index in [-0.39, 0.29) is 168 Å². The number of ether oxygens (including phenoxy) is 8. The molecule has 30 nitrogen and oxygen atoms in total. The molecule has 8 atom stereocenters. The summed E-state index contributed by atoms with van der Waals surface area (Å²) in [6, 6.07) is 27.5. The number of alkyl halides is 5. The van der Waals surface area contributed by atoms with E-state index in [0.29, 0.717) is 135 Å². The third kappa shape index (κ3) is 23.1. The maximum atomic E-state index is 14.8. The Hall–Kier alpha value is -13.8. The van der Waals surface area contributed by atoms with E-state index in [1.807, 2.05) is 25.7 Å². The molecule has 5 N–H and O–H groups in total. The predicted octanol–water partition coefficient (Wildman–Crippen LogP) is 22.9. The number of aromatic nitrogens is 8. The van der Waals surface area contributed by atoms with Gasteiger partial charge in [0.15, 0.2) is 64.2 Å². The van der Waals surface area contributed by atoms with Crippen LogP contribution in [0.1, 0.15) is 108 Å². The molecule has 768 valence electrons. The lowest BCUT2D eigenvalue weighted by atomic mass is 9.99. The van der Waals surface area contributed by atoms with Crippen LogP contribution in [-0.2, 0) is 30.1 Å². The summed E-state index contributed by atoms with van der Waals surface area (Å²) in [6.45, 7) is 11.1. The van der Waals surface area contributed by atoms with E-state index in [1.165, 1.54) is 124 Å². The number of nitrogens with zero attached hydrogens (tertiary/aromatic N) is 12. The molecule has 0 spiro atoms. The number of hydrogen-bond donors (Lipinski definition) is 5. The minimum atomic E-state index is -4.55. The zero-order valence-corrected chi connectivity index (χ0v) is 83.4. The predicted molar refractivity (Wildman–Crippen MR) is 541 cm³/mol. The van der Waals surface area contributed by atoms with Crippen LogP contribution in [0, 0.1) is 17.5 Å². The zero-order valence-electron chi connectivity index (χ0n) is 78.8. The molecule has 8 saturated heterocycles. The summed E-state index contributed by atoms with van der Waals surface area (Å²) in [5.74, 6) is 1.59. The number of rotatable bonds is 27. The average Bonchev–Trinajstić information content (AvgIpc) is 1.63. The van der Waals surface area contributed by atoms with Crippen LogP contribution in [0.2, 0.25) is 30.1 Å². The van der Waals surface area contributed by atoms with Crippen LogP contribution in [0.3, 0.4) is 0 Å². The second-order valence-electron chi connectivity index (χ2n) is 35.9. The van der Waals surface area contributed by atoms with Gasteiger partial charge in [0.25, 0.3) is 5.91 Å². The average molecular weight is 2140 g/mol. The van der Waals surface area contributed by atoms with Crippen molar-refractivity contribution in [2.75, 3.05) is 49.1 Å². The fraction of sp³-hybridized carbons (Fsp3) is 0.330. The first-order valence-corrected chi connectivity index (χ1v) is 49.1. The van der Waals surface area contributed by atoms with Gasteiger partial charge < -0.3 is 84.1 Å². The van der Waals surface area contributed by atoms with Gasteiger partial charge in [0, 0.05) is 164 Å². The first kappa shape index (κ1) is 105. The monoisotopic (exact) mass is 2140 g/mol. The van der Waals surface area contributed by atoms with Crippen molar-refractivity contribution in [3.8, 4) is 46.0 Å². The van der Waals surface area contributed by atoms with Crippen LogP contribution in [0.5, 0.6) is 46.0 Å². The van der Waals surface area contributed by atoms with E-state index >= 15 is 0 Å². The lowest BCUT2D eigenvalue weighted by Crippen LogP contribution is -2.48. The summed E-state index contributed by atoms with van der Waals surface area (Å²) in [4.78, 5) is 103. The highest BCUT2D eigenvalue weighted by Gasteiger charge is 2.48. The number of carbonyl (C=O) groups excluding carboxylic acids is 5. The van der Waals surface area contributed by atoms with Crippen molar-refractivity contribution in [1.29, 1.82) is 0 Å². The number of anilines is 8. The molecule has 8 bridgehead atoms. The molecule has 8 aliphatic heterocycles. The Morgan fingerprint density at radius 2 is 0.701 bits per heavy atom. The van der Waals surface area contributed by atoms with Gasteiger partial charge in [-0.25, -0.2) is 53.0 Å². The zero-order chi connectivity index (χ0) is 104. The summed E-state index contributed by atoms with van der Waals surface area (Å²) in [5, 5.41) is 16.1. The molecule has 0 radical (unpaired) electrons. The van der Waals surface area contributed by atoms with Gasteiger partial charge in [-0.3, -0.25) is 24.0 Å². The summed E-state index contributed by atoms with van der Waals surface area (Å²) >= 11 is 35.5. The summed E-state index contributed by atoms with van der Waals surface area (Å²) in [5.41, 5.74) is 2.11. The number of benzene rings is 8. The number of fused-ring (bicyclic) bond motifs is 12. The molecule has 12 heterocycles. The van der Waals surface area contributed by atoms with E-state index in [2.05, 4.69) is 92.8 Å². The van der Waals surface area contributed by atoms with Crippen molar-refractivity contribution in [2.24, 2.45) is 0 Å². The lowest BCUT2D eigenvalue weighted by Gasteiger charge is -2.38. The quantitative estimate of drug-likeness (QED) is 0.0181. The SMILES string of the molecule is C=CC(=O)N1C2CCC1CC(Oc1cc3c(Nc4ccc(C(F)(F)F)c(Cl)c4)ncnc3cc1OC)C2.C=CC(=O)N1C2CCC1CC(Oc1cc3c(Nc4ccc(Cl)c(Cl)c4F)ncnc3cc1OC(F)F)C2.C=CC(=O)N1C2CCC1CC(Oc1cc3c(Nc4ccc(Cl)c(Cl)c4F)ncnc3cc1OCC(=O)NC)C2.C=CC(=O)N1C2CCC1CC(Oc1cc3c(Nc4ccc(F)c(Cl)c4)ncnc3cc1OC)C2. The molecular weight excluding hydrogens is 2050 g/mol. The molecule has 0 saturated carbocycles. The molecule has 8 aromatic carbocycles. The molecule has 20 rings (SSSR count). The third-order valence-electron chi connectivity index (χ3n) is 27.0. The Morgan fingerprint density at radius 3 is 1.01 bits per heavy atom. The number of hydrogen-bond acceptors (Lipinski definition) is 25. The number of halogens is 14. The highest BCUT2D eigenvalue weighted by molar-refractivity contribution is 6.43. The maximum absolute atomic E-state index is 14.8. The molecule has 8 aliphatic rings. The van der Waals surface area contributed by atoms with Crippen molar-refractivity contribution in [3.63, 3.8) is 0 Å². The number of amides is 5. The van der Waals surface area contributed by atoms with Crippen molar-refractivity contribution >= 4 is 189 Å². The van der Waals surface area contributed by atoms with Crippen LogP contribution < -0.4 is 64.5 Å². The van der Waals surface area contributed by atoms with E-state index in [0.717, 1.165) is 75.7 Å². The van der Waals surface area contributed by atoms with Crippen LogP contribution >= 0.6 is 69.6 Å². The van der Waals surface area contributed by atoms with Crippen LogP contribution in [0.4, 0.5) is 81.1 Å². The van der Waals surface area contributed by atoms with Gasteiger partial charge in [-0.1, -0.05) is 95.9 Å². The van der Waals surface area contributed by atoms with E-state index in [4.69, 9.17) is 108 Å². The van der Waals surface area contributed by atoms with Crippen LogP contribution in [0.15, 0.2) is 185 Å². The number of likely N-dealkylation sites (N-methyl/N-ethyl adjacent to an activating group) is 1. The third-order valence-corrected chi connectivity index (χ3v) is 29.2. The minimum absolute atomic E-state index is 0.0111. The minimum Gasteiger partial charge on any atom is -0.493 e. The Morgan fingerprint density at radius 1 is 0.395 bits per heavy atom. The fourth-order valence-electron chi connectivity index (χ4n) is 20.5. The lowest BCUT2D eigenvalue weighted by molar-refractivity contribution is -0.137. The normalized spacial score (nSPS) is 20.8. The van der Waals surface area contributed by atoms with E-state index < -0.39 is 40.8 Å². The molecule has 0 aliphatic carbocycles. The maximum Gasteiger partial charge on any atom is 0.417 e. The number of carbonyl (C=O) groups is 5. The standard InChI is InChI=1S/C27H26Cl2FN5O4.C26H24ClF3N4O3.C25H21Cl2F3N4O3.C25H24ClFN4O3/c1-3-24(37)35-14-4-5-15(35)9-16(8-14)39-22-10-17-20(11-21(22)38-12-23(36)31-2)32-13-33-27(17)34-19-7-6-18(28)25(29)26(19)30;1-3-24(35)34-15-5-6-16(34)10-17(9-15)37-23-11-18-21(12-22(23)36-2)31-13-32-25(18)33-14-4-7-19(20(27)8-14)26(28,29)30;1-2-21(35)34-12-3-4-13(34)8-14(7-12)36-19-9-15-18(10-20(19)37-25(29)30)31-11-32-24(15)33-17-6-5-16(26)22(27)23(17)28;1-3-24(32)31-15-5-6-16(31)10-17(9-15)34-23-11-18-21(12-22(23)33-2)28-13-29-25(18)30-14-4-7-20(27)19(26)8-14/h3,6-7,10-11,13-16H,1,4-5,8-9,12H2,2H3,(H,31,36)(H,32,33,34);3-4,7-8,11-13,15-17H,1,5-6,9-10H2,2H3,(H,31,32,33);2,5-6,9-14,25H,1,3-4,7-8H2,(H,31,32,33);3-4,7-8,11-13,15-17H,1,5-6,9-10H2,2H3,(H,28,29,30). The molecule has 147 heavy (non-hydrogen) atoms. The van der Waals surface area contributed by atoms with Gasteiger partial charge in [-0.05, 0) is 161 Å². The smallest absolute Gasteiger partial charge is 0.417 e. The first-order chi connectivity index (χ1) is 70.7. The highest BCUT2D eigenvalue weighted by atomic mass is 35.5. The van der Waals surface area contributed by atoms with Crippen molar-refractivity contribution in [3.05, 3.63) is 238 Å². The molecular formula is C103H95Cl6F8N17O13. The van der Waals surface area contributed by atoms with Gasteiger partial charge in [0.05, 0.1) is 83.4 Å². The van der Waals surface area contributed by atoms with E-state index in [9.17, 15) is 59.1 Å². The molecule has 8 unspecified atom stereocenters. The van der Waals surface area contributed by atoms with Crippen molar-refractivity contribution in [1.82, 2.24) is 64.8 Å². The van der Waals surface area contributed by atoms with Gasteiger partial charge in [-0.2, -0.15) is 22.0 Å². The molecule has 4 aromatic heterocycles. The molecule has 8 fully saturated rings. The Bertz CT molecular complexity index is 7060. The Labute approximate surface area is 866 Å². The topological polar surface area (TPSA) is 335 Å². The summed E-state index contributed by atoms with van der Waals surface area (Å²) in [7, 11) is 4.64. The first-order valence-electron chi connectivity index (χ1n) is 46.8. The van der Waals surface area contributed by atoms with Crippen LogP contribution in [-0.4, -0.2) is 196 Å². The highest BCUT2D eigenvalue weighted by Crippen LogP contribution is 2.50. The second kappa shape index (κ2) is 45.3. The molecule has 5 amide bonds. The molecule has 12 aromatic rings. The summed E-state index contributed by atoms with van der Waals surface area (Å²) < 4.78 is 156. The number of piperidine rings is 4. The number of methoxy groups -OCH3 is 2.